The Hall–Kier alpha value is -2.87. The third kappa shape index (κ3) is 4.20. The highest BCUT2D eigenvalue weighted by atomic mass is 35.5. The van der Waals surface area contributed by atoms with Gasteiger partial charge in [0.1, 0.15) is 6.04 Å². The molecule has 4 nitrogen and oxygen atoms in total. The van der Waals surface area contributed by atoms with Crippen LogP contribution in [0.4, 0.5) is 0 Å². The van der Waals surface area contributed by atoms with Gasteiger partial charge in [-0.25, -0.2) is 0 Å². The van der Waals surface area contributed by atoms with Crippen molar-refractivity contribution in [2.75, 3.05) is 0 Å². The predicted octanol–water partition coefficient (Wildman–Crippen LogP) is 4.16. The SMILES string of the molecule is N#Cc1cccc(C([O-])=NC(c2ccc(Cl)cc2)c2ccc(Cl)cn2)c1. The summed E-state index contributed by atoms with van der Waals surface area (Å²) in [4.78, 5) is 8.62. The Morgan fingerprint density at radius 2 is 1.77 bits per heavy atom. The fourth-order valence-electron chi connectivity index (χ4n) is 2.42. The summed E-state index contributed by atoms with van der Waals surface area (Å²) in [6.07, 6.45) is 1.51. The van der Waals surface area contributed by atoms with E-state index in [0.717, 1.165) is 5.56 Å². The molecule has 0 radical (unpaired) electrons. The van der Waals surface area contributed by atoms with Crippen LogP contribution in [-0.2, 0) is 0 Å². The minimum atomic E-state index is -0.609. The molecule has 0 N–H and O–H groups in total. The Kier molecular flexibility index (Phi) is 5.52. The molecule has 1 unspecified atom stereocenters. The van der Waals surface area contributed by atoms with Crippen LogP contribution >= 0.6 is 23.2 Å². The molecule has 3 rings (SSSR count). The first-order valence-corrected chi connectivity index (χ1v) is 8.44. The van der Waals surface area contributed by atoms with E-state index in [1.807, 2.05) is 6.07 Å². The Bertz CT molecular complexity index is 932. The van der Waals surface area contributed by atoms with Gasteiger partial charge in [-0.1, -0.05) is 47.5 Å². The van der Waals surface area contributed by atoms with Crippen molar-refractivity contribution in [1.82, 2.24) is 4.98 Å². The van der Waals surface area contributed by atoms with E-state index in [2.05, 4.69) is 9.98 Å². The molecule has 26 heavy (non-hydrogen) atoms. The van der Waals surface area contributed by atoms with E-state index in [1.165, 1.54) is 12.3 Å². The lowest BCUT2D eigenvalue weighted by Crippen LogP contribution is -2.21. The zero-order chi connectivity index (χ0) is 18.5. The van der Waals surface area contributed by atoms with Crippen molar-refractivity contribution in [3.63, 3.8) is 0 Å². The molecule has 0 aliphatic heterocycles. The number of pyridine rings is 1. The fraction of sp³-hybridized carbons (Fsp3) is 0.0500. The first-order valence-electron chi connectivity index (χ1n) is 7.69. The molecule has 0 aliphatic carbocycles. The smallest absolute Gasteiger partial charge is 0.116 e. The van der Waals surface area contributed by atoms with Crippen LogP contribution in [0.25, 0.3) is 0 Å². The molecule has 0 saturated heterocycles. The Balaban J connectivity index is 2.06. The largest absolute Gasteiger partial charge is 0.858 e. The number of nitriles is 1. The molecule has 0 bridgehead atoms. The van der Waals surface area contributed by atoms with E-state index in [4.69, 9.17) is 28.5 Å². The molecular weight excluding hydrogens is 369 g/mol. The maximum atomic E-state index is 12.6. The first-order chi connectivity index (χ1) is 12.6. The van der Waals surface area contributed by atoms with Gasteiger partial charge < -0.3 is 5.11 Å². The maximum Gasteiger partial charge on any atom is 0.116 e. The summed E-state index contributed by atoms with van der Waals surface area (Å²) in [5.74, 6) is -0.432. The summed E-state index contributed by atoms with van der Waals surface area (Å²) < 4.78 is 0. The van der Waals surface area contributed by atoms with E-state index < -0.39 is 11.9 Å². The summed E-state index contributed by atoms with van der Waals surface area (Å²) in [7, 11) is 0. The third-order valence-corrected chi connectivity index (χ3v) is 4.18. The van der Waals surface area contributed by atoms with Crippen molar-refractivity contribution in [3.8, 4) is 6.07 Å². The Morgan fingerprint density at radius 1 is 1.04 bits per heavy atom. The van der Waals surface area contributed by atoms with Crippen molar-refractivity contribution in [3.05, 3.63) is 99.3 Å². The lowest BCUT2D eigenvalue weighted by atomic mass is 10.0. The van der Waals surface area contributed by atoms with Gasteiger partial charge in [0, 0.05) is 11.2 Å². The molecule has 0 amide bonds. The van der Waals surface area contributed by atoms with Crippen LogP contribution in [0.15, 0.2) is 71.9 Å². The molecule has 0 spiro atoms. The van der Waals surface area contributed by atoms with Gasteiger partial charge in [0.2, 0.25) is 0 Å². The average molecular weight is 381 g/mol. The topological polar surface area (TPSA) is 72.1 Å². The average Bonchev–Trinajstić information content (AvgIpc) is 2.67. The number of halogens is 2. The van der Waals surface area contributed by atoms with Crippen molar-refractivity contribution < 1.29 is 5.11 Å². The van der Waals surface area contributed by atoms with Crippen LogP contribution in [0.3, 0.4) is 0 Å². The number of hydrogen-bond donors (Lipinski definition) is 0. The van der Waals surface area contributed by atoms with Gasteiger partial charge in [0.05, 0.1) is 22.3 Å². The molecular formula is C20H12Cl2N3O-. The third-order valence-electron chi connectivity index (χ3n) is 3.70. The van der Waals surface area contributed by atoms with Gasteiger partial charge in [-0.3, -0.25) is 9.98 Å². The number of rotatable bonds is 4. The van der Waals surface area contributed by atoms with Crippen LogP contribution in [0.2, 0.25) is 10.0 Å². The molecule has 6 heteroatoms. The quantitative estimate of drug-likeness (QED) is 0.503. The number of aliphatic imine (C=N–C) groups is 1. The van der Waals surface area contributed by atoms with Crippen LogP contribution < -0.4 is 5.11 Å². The summed E-state index contributed by atoms with van der Waals surface area (Å²) >= 11 is 11.9. The highest BCUT2D eigenvalue weighted by molar-refractivity contribution is 6.30. The molecule has 3 aromatic rings. The van der Waals surface area contributed by atoms with Crippen LogP contribution in [0.5, 0.6) is 0 Å². The highest BCUT2D eigenvalue weighted by Gasteiger charge is 2.14. The van der Waals surface area contributed by atoms with E-state index in [1.54, 1.807) is 54.6 Å². The summed E-state index contributed by atoms with van der Waals surface area (Å²) in [6, 6.07) is 18.3. The van der Waals surface area contributed by atoms with E-state index in [0.29, 0.717) is 26.9 Å². The van der Waals surface area contributed by atoms with Gasteiger partial charge in [0.25, 0.3) is 0 Å². The number of aromatic nitrogens is 1. The standard InChI is InChI=1S/C20H13Cl2N3O/c21-16-6-4-14(5-7-16)19(18-9-8-17(22)12-24-18)25-20(26)15-3-1-2-13(10-15)11-23/h1-10,12,19H,(H,25,26)/p-1. The fourth-order valence-corrected chi connectivity index (χ4v) is 2.66. The van der Waals surface area contributed by atoms with Gasteiger partial charge in [0.15, 0.2) is 0 Å². The second-order valence-corrected chi connectivity index (χ2v) is 6.36. The lowest BCUT2D eigenvalue weighted by molar-refractivity contribution is -0.213. The zero-order valence-electron chi connectivity index (χ0n) is 13.4. The second kappa shape index (κ2) is 8.01. The zero-order valence-corrected chi connectivity index (χ0v) is 14.9. The normalized spacial score (nSPS) is 12.4. The van der Waals surface area contributed by atoms with Gasteiger partial charge in [-0.2, -0.15) is 5.26 Å². The van der Waals surface area contributed by atoms with Crippen molar-refractivity contribution in [2.45, 2.75) is 6.04 Å². The molecule has 0 aliphatic rings. The molecule has 2 aromatic carbocycles. The van der Waals surface area contributed by atoms with Crippen molar-refractivity contribution in [2.24, 2.45) is 4.99 Å². The summed E-state index contributed by atoms with van der Waals surface area (Å²) in [5.41, 5.74) is 2.10. The Labute approximate surface area is 161 Å². The van der Waals surface area contributed by atoms with Crippen LogP contribution in [0.1, 0.15) is 28.4 Å². The van der Waals surface area contributed by atoms with Crippen LogP contribution in [-0.4, -0.2) is 10.9 Å². The van der Waals surface area contributed by atoms with Gasteiger partial charge >= 0.3 is 0 Å². The molecule has 1 aromatic heterocycles. The van der Waals surface area contributed by atoms with Crippen molar-refractivity contribution >= 4 is 29.1 Å². The Morgan fingerprint density at radius 3 is 2.42 bits per heavy atom. The predicted molar refractivity (Wildman–Crippen MR) is 100 cm³/mol. The van der Waals surface area contributed by atoms with Gasteiger partial charge in [-0.15, -0.1) is 0 Å². The van der Waals surface area contributed by atoms with E-state index >= 15 is 0 Å². The monoisotopic (exact) mass is 380 g/mol. The summed E-state index contributed by atoms with van der Waals surface area (Å²) in [6.45, 7) is 0. The minimum absolute atomic E-state index is 0.344. The second-order valence-electron chi connectivity index (χ2n) is 5.48. The van der Waals surface area contributed by atoms with Gasteiger partial charge in [-0.05, 0) is 53.4 Å². The molecule has 1 atom stereocenters. The molecule has 1 heterocycles. The number of nitrogens with zero attached hydrogens (tertiary/aromatic N) is 3. The highest BCUT2D eigenvalue weighted by Crippen LogP contribution is 2.27. The first kappa shape index (κ1) is 17.9. The van der Waals surface area contributed by atoms with E-state index in [-0.39, 0.29) is 0 Å². The van der Waals surface area contributed by atoms with Crippen molar-refractivity contribution in [1.29, 1.82) is 5.26 Å². The number of benzene rings is 2. The summed E-state index contributed by atoms with van der Waals surface area (Å²) in [5, 5.41) is 22.7. The molecule has 128 valence electrons. The lowest BCUT2D eigenvalue weighted by Gasteiger charge is -2.18. The number of hydrogen-bond acceptors (Lipinski definition) is 4. The maximum absolute atomic E-state index is 12.6. The minimum Gasteiger partial charge on any atom is -0.858 e. The molecule has 0 saturated carbocycles. The van der Waals surface area contributed by atoms with E-state index in [9.17, 15) is 5.11 Å². The van der Waals surface area contributed by atoms with Crippen LogP contribution in [0, 0.1) is 11.3 Å². The molecule has 0 fully saturated rings.